The van der Waals surface area contributed by atoms with E-state index < -0.39 is 11.7 Å². The van der Waals surface area contributed by atoms with Gasteiger partial charge in [-0.1, -0.05) is 25.4 Å². The van der Waals surface area contributed by atoms with Gasteiger partial charge in [-0.05, 0) is 54.3 Å². The first-order valence-corrected chi connectivity index (χ1v) is 11.3. The van der Waals surface area contributed by atoms with Crippen LogP contribution in [0.5, 0.6) is 5.75 Å². The van der Waals surface area contributed by atoms with Crippen molar-refractivity contribution in [2.45, 2.75) is 32.6 Å². The van der Waals surface area contributed by atoms with Crippen LogP contribution in [-0.4, -0.2) is 34.7 Å². The van der Waals surface area contributed by atoms with Gasteiger partial charge in [-0.2, -0.15) is 0 Å². The molecule has 170 valence electrons. The second-order valence-corrected chi connectivity index (χ2v) is 10.1. The molecule has 0 amide bonds. The fourth-order valence-corrected chi connectivity index (χ4v) is 5.34. The minimum atomic E-state index is -0.876. The summed E-state index contributed by atoms with van der Waals surface area (Å²) in [5.74, 6) is -1.33. The quantitative estimate of drug-likeness (QED) is 0.628. The number of Topliss-reactive ketones (excluding diaryl/α,β-unsaturated/α-hetero) is 2. The highest BCUT2D eigenvalue weighted by atomic mass is 35.5. The number of nitrogens with zero attached hydrogens (tertiary/aromatic N) is 1. The molecule has 7 heteroatoms. The van der Waals surface area contributed by atoms with Crippen LogP contribution in [0.2, 0.25) is 5.02 Å². The Morgan fingerprint density at radius 2 is 1.91 bits per heavy atom. The summed E-state index contributed by atoms with van der Waals surface area (Å²) in [7, 11) is 0. The van der Waals surface area contributed by atoms with E-state index in [9.17, 15) is 19.1 Å². The molecule has 5 nitrogen and oxygen atoms in total. The summed E-state index contributed by atoms with van der Waals surface area (Å²) in [6, 6.07) is 10.2. The Bertz CT molecular complexity index is 1250. The number of rotatable bonds is 3. The van der Waals surface area contributed by atoms with Gasteiger partial charge in [0.2, 0.25) is 0 Å². The van der Waals surface area contributed by atoms with E-state index in [2.05, 4.69) is 5.32 Å². The van der Waals surface area contributed by atoms with E-state index in [0.29, 0.717) is 53.5 Å². The Hall–Kier alpha value is -3.12. The van der Waals surface area contributed by atoms with Crippen LogP contribution < -0.4 is 5.32 Å². The number of phenols is 1. The highest BCUT2D eigenvalue weighted by Gasteiger charge is 2.48. The molecule has 5 rings (SSSR count). The lowest BCUT2D eigenvalue weighted by molar-refractivity contribution is -0.118. The molecule has 1 saturated heterocycles. The van der Waals surface area contributed by atoms with Crippen LogP contribution in [0.15, 0.2) is 65.1 Å². The van der Waals surface area contributed by atoms with Gasteiger partial charge in [0.25, 0.3) is 0 Å². The zero-order chi connectivity index (χ0) is 23.5. The molecule has 0 radical (unpaired) electrons. The highest BCUT2D eigenvalue weighted by molar-refractivity contribution is 6.30. The number of ketones is 2. The summed E-state index contributed by atoms with van der Waals surface area (Å²) in [6.07, 6.45) is 0.964. The Kier molecular flexibility index (Phi) is 5.09. The van der Waals surface area contributed by atoms with E-state index in [1.54, 1.807) is 24.3 Å². The third kappa shape index (κ3) is 3.62. The van der Waals surface area contributed by atoms with E-state index in [4.69, 9.17) is 11.6 Å². The average Bonchev–Trinajstić information content (AvgIpc) is 3.24. The third-order valence-electron chi connectivity index (χ3n) is 6.60. The molecular weight excluding hydrogens is 443 g/mol. The first-order valence-electron chi connectivity index (χ1n) is 11.0. The van der Waals surface area contributed by atoms with Crippen molar-refractivity contribution in [2.24, 2.45) is 5.41 Å². The molecule has 2 aromatic rings. The molecule has 0 spiro atoms. The second kappa shape index (κ2) is 7.73. The summed E-state index contributed by atoms with van der Waals surface area (Å²) in [5.41, 5.74) is 2.04. The summed E-state index contributed by atoms with van der Waals surface area (Å²) >= 11 is 6.02. The molecule has 1 aliphatic carbocycles. The van der Waals surface area contributed by atoms with E-state index in [1.807, 2.05) is 18.7 Å². The van der Waals surface area contributed by atoms with Crippen LogP contribution in [-0.2, 0) is 4.79 Å². The number of benzene rings is 2. The molecular formula is C26H24ClFN2O3. The summed E-state index contributed by atoms with van der Waals surface area (Å²) in [4.78, 5) is 29.4. The minimum Gasteiger partial charge on any atom is -0.508 e. The number of allylic oxidation sites excluding steroid dienone is 3. The Balaban J connectivity index is 1.77. The van der Waals surface area contributed by atoms with Gasteiger partial charge in [-0.15, -0.1) is 0 Å². The second-order valence-electron chi connectivity index (χ2n) is 9.61. The lowest BCUT2D eigenvalue weighted by Gasteiger charge is -2.43. The van der Waals surface area contributed by atoms with Crippen LogP contribution in [0.4, 0.5) is 4.39 Å². The molecule has 1 fully saturated rings. The van der Waals surface area contributed by atoms with Crippen molar-refractivity contribution in [3.8, 4) is 5.75 Å². The van der Waals surface area contributed by atoms with E-state index >= 15 is 0 Å². The molecule has 2 N–H and O–H groups in total. The number of fused-ring (bicyclic) bond motifs is 2. The van der Waals surface area contributed by atoms with Crippen LogP contribution in [0.3, 0.4) is 0 Å². The van der Waals surface area contributed by atoms with Crippen LogP contribution in [0, 0.1) is 11.2 Å². The number of phenolic OH excluding ortho intramolecular Hbond substituents is 1. The zero-order valence-corrected chi connectivity index (χ0v) is 19.2. The van der Waals surface area contributed by atoms with Crippen molar-refractivity contribution >= 4 is 23.2 Å². The van der Waals surface area contributed by atoms with Crippen molar-refractivity contribution in [3.63, 3.8) is 0 Å². The van der Waals surface area contributed by atoms with Crippen molar-refractivity contribution in [1.82, 2.24) is 10.2 Å². The predicted octanol–water partition coefficient (Wildman–Crippen LogP) is 4.92. The number of halogens is 2. The lowest BCUT2D eigenvalue weighted by Crippen LogP contribution is -2.40. The monoisotopic (exact) mass is 466 g/mol. The number of aromatic hydroxyl groups is 1. The Morgan fingerprint density at radius 1 is 1.18 bits per heavy atom. The van der Waals surface area contributed by atoms with Crippen LogP contribution >= 0.6 is 11.6 Å². The van der Waals surface area contributed by atoms with E-state index in [-0.39, 0.29) is 28.3 Å². The van der Waals surface area contributed by atoms with Crippen molar-refractivity contribution < 1.29 is 19.1 Å². The van der Waals surface area contributed by atoms with Gasteiger partial charge in [-0.3, -0.25) is 9.59 Å². The topological polar surface area (TPSA) is 69.6 Å². The van der Waals surface area contributed by atoms with Crippen molar-refractivity contribution in [1.29, 1.82) is 0 Å². The maximum absolute atomic E-state index is 14.4. The van der Waals surface area contributed by atoms with Crippen molar-refractivity contribution in [2.75, 3.05) is 13.1 Å². The fourth-order valence-electron chi connectivity index (χ4n) is 5.22. The Morgan fingerprint density at radius 3 is 2.64 bits per heavy atom. The third-order valence-corrected chi connectivity index (χ3v) is 6.86. The standard InChI is InChI=1S/C26H24ClFN2O3/c1-26(2)12-18-22(20(32)13-26)21(17-11-16(28)7-8-19(17)31)23(25-29-9-10-30(18)25)24(33)14-3-5-15(27)6-4-14/h3-8,11,21,29,31H,9-10,12-13H2,1-2H3. The van der Waals surface area contributed by atoms with Gasteiger partial charge in [0.15, 0.2) is 11.6 Å². The fraction of sp³-hybridized carbons (Fsp3) is 0.308. The predicted molar refractivity (Wildman–Crippen MR) is 123 cm³/mol. The van der Waals surface area contributed by atoms with Gasteiger partial charge in [0.1, 0.15) is 17.4 Å². The maximum Gasteiger partial charge on any atom is 0.193 e. The SMILES string of the molecule is CC1(C)CC(=O)C2=C(C1)N1CCNC1=C(C(=O)c1ccc(Cl)cc1)C2c1cc(F)ccc1O. The molecule has 0 aromatic heterocycles. The Labute approximate surface area is 196 Å². The zero-order valence-electron chi connectivity index (χ0n) is 18.4. The number of hydrogen-bond donors (Lipinski definition) is 2. The molecule has 33 heavy (non-hydrogen) atoms. The normalized spacial score (nSPS) is 21.6. The molecule has 1 atom stereocenters. The first kappa shape index (κ1) is 21.7. The van der Waals surface area contributed by atoms with E-state index in [1.165, 1.54) is 12.1 Å². The average molecular weight is 467 g/mol. The number of nitrogens with one attached hydrogen (secondary N) is 1. The van der Waals surface area contributed by atoms with Gasteiger partial charge in [-0.25, -0.2) is 4.39 Å². The smallest absolute Gasteiger partial charge is 0.193 e. The first-order chi connectivity index (χ1) is 15.7. The number of carbonyl (C=O) groups is 2. The molecule has 3 aliphatic rings. The highest BCUT2D eigenvalue weighted by Crippen LogP contribution is 2.52. The molecule has 1 unspecified atom stereocenters. The van der Waals surface area contributed by atoms with Crippen LogP contribution in [0.25, 0.3) is 0 Å². The van der Waals surface area contributed by atoms with Gasteiger partial charge < -0.3 is 15.3 Å². The summed E-state index contributed by atoms with van der Waals surface area (Å²) < 4.78 is 14.4. The summed E-state index contributed by atoms with van der Waals surface area (Å²) in [6.45, 7) is 5.33. The van der Waals surface area contributed by atoms with Crippen molar-refractivity contribution in [3.05, 3.63) is 87.1 Å². The molecule has 2 aliphatic heterocycles. The minimum absolute atomic E-state index is 0.0812. The van der Waals surface area contributed by atoms with Crippen LogP contribution in [0.1, 0.15) is 48.5 Å². The van der Waals surface area contributed by atoms with E-state index in [0.717, 1.165) is 11.8 Å². The largest absolute Gasteiger partial charge is 0.508 e. The number of hydrogen-bond acceptors (Lipinski definition) is 5. The molecule has 0 saturated carbocycles. The molecule has 2 aromatic carbocycles. The molecule has 0 bridgehead atoms. The van der Waals surface area contributed by atoms with Gasteiger partial charge in [0.05, 0.1) is 11.5 Å². The van der Waals surface area contributed by atoms with Gasteiger partial charge in [0, 0.05) is 46.9 Å². The maximum atomic E-state index is 14.4. The van der Waals surface area contributed by atoms with Gasteiger partial charge >= 0.3 is 0 Å². The number of carbonyl (C=O) groups excluding carboxylic acids is 2. The summed E-state index contributed by atoms with van der Waals surface area (Å²) in [5, 5.41) is 14.5. The lowest BCUT2D eigenvalue weighted by atomic mass is 9.67. The molecule has 2 heterocycles.